The number of nitrogen functional groups attached to an aromatic ring is 1. The summed E-state index contributed by atoms with van der Waals surface area (Å²) < 4.78 is 26.3. The summed E-state index contributed by atoms with van der Waals surface area (Å²) >= 11 is 0. The molecule has 0 aliphatic carbocycles. The first kappa shape index (κ1) is 24.5. The highest BCUT2D eigenvalue weighted by molar-refractivity contribution is 7.88. The van der Waals surface area contributed by atoms with Crippen molar-refractivity contribution in [2.75, 3.05) is 13.1 Å². The van der Waals surface area contributed by atoms with Gasteiger partial charge in [-0.05, 0) is 23.3 Å². The Bertz CT molecular complexity index is 1100. The van der Waals surface area contributed by atoms with Crippen molar-refractivity contribution in [2.45, 2.75) is 12.3 Å². The van der Waals surface area contributed by atoms with Gasteiger partial charge in [0.15, 0.2) is 0 Å². The predicted octanol–water partition coefficient (Wildman–Crippen LogP) is -0.479. The van der Waals surface area contributed by atoms with Crippen LogP contribution in [0.1, 0.15) is 27.0 Å². The zero-order valence-corrected chi connectivity index (χ0v) is 17.7. The molecule has 2 aromatic carbocycles. The molecule has 11 nitrogen and oxygen atoms in total. The number of hydrogen-bond acceptors (Lipinski definition) is 6. The van der Waals surface area contributed by atoms with Crippen LogP contribution < -0.4 is 21.1 Å². The van der Waals surface area contributed by atoms with E-state index in [4.69, 9.17) is 16.2 Å². The van der Waals surface area contributed by atoms with Crippen LogP contribution in [-0.2, 0) is 31.9 Å². The Hall–Kier alpha value is -3.77. The second-order valence-corrected chi connectivity index (χ2v) is 8.55. The lowest BCUT2D eigenvalue weighted by molar-refractivity contribution is -0.125. The number of nitrogens with one attached hydrogen (secondary N) is 4. The van der Waals surface area contributed by atoms with E-state index in [1.807, 2.05) is 0 Å². The number of sulfonamides is 1. The van der Waals surface area contributed by atoms with Gasteiger partial charge >= 0.3 is 5.97 Å². The highest BCUT2D eigenvalue weighted by Gasteiger charge is 2.14. The molecule has 0 aromatic heterocycles. The molecule has 0 aliphatic heterocycles. The molecule has 2 rings (SSSR count). The summed E-state index contributed by atoms with van der Waals surface area (Å²) in [6.45, 7) is -0.668. The molecule has 0 fully saturated rings. The lowest BCUT2D eigenvalue weighted by Gasteiger charge is -2.09. The first-order valence-electron chi connectivity index (χ1n) is 9.32. The number of hydrogen-bond donors (Lipinski definition) is 6. The zero-order valence-electron chi connectivity index (χ0n) is 16.9. The molecular formula is C20H23N5O6S. The van der Waals surface area contributed by atoms with Gasteiger partial charge in [0.05, 0.1) is 24.4 Å². The number of nitrogens with two attached hydrogens (primary N) is 1. The molecule has 0 bridgehead atoms. The van der Waals surface area contributed by atoms with E-state index in [-0.39, 0.29) is 24.5 Å². The van der Waals surface area contributed by atoms with Crippen LogP contribution in [0.4, 0.5) is 0 Å². The Morgan fingerprint density at radius 3 is 1.94 bits per heavy atom. The van der Waals surface area contributed by atoms with Crippen molar-refractivity contribution in [3.8, 4) is 0 Å². The van der Waals surface area contributed by atoms with E-state index in [1.165, 1.54) is 24.3 Å². The summed E-state index contributed by atoms with van der Waals surface area (Å²) in [6, 6.07) is 12.0. The maximum absolute atomic E-state index is 12.1. The molecule has 0 saturated heterocycles. The summed E-state index contributed by atoms with van der Waals surface area (Å²) in [5.74, 6) is -2.76. The molecule has 0 aliphatic rings. The molecule has 7 N–H and O–H groups in total. The molecule has 0 atom stereocenters. The molecular weight excluding hydrogens is 438 g/mol. The van der Waals surface area contributed by atoms with Crippen molar-refractivity contribution in [3.05, 3.63) is 70.8 Å². The minimum Gasteiger partial charge on any atom is -0.478 e. The van der Waals surface area contributed by atoms with E-state index >= 15 is 0 Å². The van der Waals surface area contributed by atoms with Crippen LogP contribution >= 0.6 is 0 Å². The SMILES string of the molecule is N=C(N)c1ccc(CNC(=O)CNC(=O)CNS(=O)(=O)Cc2ccc(C(=O)O)cc2)cc1. The topological polar surface area (TPSA) is 192 Å². The quantitative estimate of drug-likeness (QED) is 0.192. The van der Waals surface area contributed by atoms with Gasteiger partial charge in [-0.3, -0.25) is 15.0 Å². The Balaban J connectivity index is 1.71. The van der Waals surface area contributed by atoms with Gasteiger partial charge in [-0.25, -0.2) is 17.9 Å². The van der Waals surface area contributed by atoms with Crippen molar-refractivity contribution < 1.29 is 27.9 Å². The minimum absolute atomic E-state index is 0.0323. The highest BCUT2D eigenvalue weighted by atomic mass is 32.2. The molecule has 0 unspecified atom stereocenters. The second kappa shape index (κ2) is 11.0. The third-order valence-electron chi connectivity index (χ3n) is 4.21. The van der Waals surface area contributed by atoms with Crippen LogP contribution in [0.5, 0.6) is 0 Å². The lowest BCUT2D eigenvalue weighted by atomic mass is 10.1. The standard InChI is InChI=1S/C20H23N5O6S/c21-19(22)15-5-1-13(2-6-15)9-23-17(26)10-24-18(27)11-25-32(30,31)12-14-3-7-16(8-4-14)20(28)29/h1-8,25H,9-12H2,(H3,21,22)(H,23,26)(H,24,27)(H,28,29). The maximum Gasteiger partial charge on any atom is 0.335 e. The Morgan fingerprint density at radius 1 is 0.844 bits per heavy atom. The fourth-order valence-electron chi connectivity index (χ4n) is 2.50. The maximum atomic E-state index is 12.1. The van der Waals surface area contributed by atoms with Crippen molar-refractivity contribution in [2.24, 2.45) is 5.73 Å². The number of aromatic carboxylic acids is 1. The molecule has 170 valence electrons. The number of carbonyl (C=O) groups excluding carboxylic acids is 2. The molecule has 0 spiro atoms. The Morgan fingerprint density at radius 2 is 1.38 bits per heavy atom. The van der Waals surface area contributed by atoms with E-state index in [2.05, 4.69) is 15.4 Å². The molecule has 2 aromatic rings. The van der Waals surface area contributed by atoms with Gasteiger partial charge < -0.3 is 21.5 Å². The third-order valence-corrected chi connectivity index (χ3v) is 5.51. The van der Waals surface area contributed by atoms with Gasteiger partial charge in [-0.15, -0.1) is 0 Å². The molecule has 0 heterocycles. The second-order valence-electron chi connectivity index (χ2n) is 6.75. The number of carboxylic acids is 1. The van der Waals surface area contributed by atoms with E-state index < -0.39 is 40.1 Å². The summed E-state index contributed by atoms with van der Waals surface area (Å²) in [6.07, 6.45) is 0. The van der Waals surface area contributed by atoms with Gasteiger partial charge in [0.25, 0.3) is 0 Å². The first-order chi connectivity index (χ1) is 15.1. The number of amides is 2. The van der Waals surface area contributed by atoms with Crippen molar-refractivity contribution in [3.63, 3.8) is 0 Å². The monoisotopic (exact) mass is 461 g/mol. The van der Waals surface area contributed by atoms with E-state index in [1.54, 1.807) is 24.3 Å². The van der Waals surface area contributed by atoms with Crippen LogP contribution in [0.15, 0.2) is 48.5 Å². The molecule has 32 heavy (non-hydrogen) atoms. The van der Waals surface area contributed by atoms with E-state index in [0.717, 1.165) is 5.56 Å². The van der Waals surface area contributed by atoms with Crippen LogP contribution in [0, 0.1) is 5.41 Å². The molecule has 0 saturated carbocycles. The van der Waals surface area contributed by atoms with E-state index in [9.17, 15) is 22.8 Å². The molecule has 12 heteroatoms. The number of carbonyl (C=O) groups is 3. The van der Waals surface area contributed by atoms with Gasteiger partial charge in [0.2, 0.25) is 21.8 Å². The number of carboxylic acid groups (broad SMARTS) is 1. The smallest absolute Gasteiger partial charge is 0.335 e. The fourth-order valence-corrected chi connectivity index (χ4v) is 3.58. The third kappa shape index (κ3) is 8.16. The van der Waals surface area contributed by atoms with Crippen molar-refractivity contribution in [1.29, 1.82) is 5.41 Å². The molecule has 2 amide bonds. The predicted molar refractivity (Wildman–Crippen MR) is 116 cm³/mol. The van der Waals surface area contributed by atoms with Crippen LogP contribution in [0.2, 0.25) is 0 Å². The van der Waals surface area contributed by atoms with Crippen LogP contribution in [0.3, 0.4) is 0 Å². The summed E-state index contributed by atoms with van der Waals surface area (Å²) in [5, 5.41) is 21.1. The van der Waals surface area contributed by atoms with Crippen LogP contribution in [0.25, 0.3) is 0 Å². The number of rotatable bonds is 11. The summed E-state index contributed by atoms with van der Waals surface area (Å²) in [7, 11) is -3.84. The lowest BCUT2D eigenvalue weighted by Crippen LogP contribution is -2.42. The van der Waals surface area contributed by atoms with Gasteiger partial charge in [0.1, 0.15) is 5.84 Å². The van der Waals surface area contributed by atoms with Gasteiger partial charge in [-0.2, -0.15) is 0 Å². The fraction of sp³-hybridized carbons (Fsp3) is 0.200. The van der Waals surface area contributed by atoms with Crippen LogP contribution in [-0.4, -0.2) is 50.2 Å². The highest BCUT2D eigenvalue weighted by Crippen LogP contribution is 2.08. The van der Waals surface area contributed by atoms with Crippen molar-refractivity contribution in [1.82, 2.24) is 15.4 Å². The van der Waals surface area contributed by atoms with Crippen molar-refractivity contribution >= 4 is 33.6 Å². The average molecular weight is 462 g/mol. The Kier molecular flexibility index (Phi) is 8.44. The minimum atomic E-state index is -3.84. The summed E-state index contributed by atoms with van der Waals surface area (Å²) in [4.78, 5) is 34.5. The number of benzene rings is 2. The molecule has 0 radical (unpaired) electrons. The van der Waals surface area contributed by atoms with Gasteiger partial charge in [-0.1, -0.05) is 36.4 Å². The summed E-state index contributed by atoms with van der Waals surface area (Å²) in [5.41, 5.74) is 7.10. The van der Waals surface area contributed by atoms with Gasteiger partial charge in [0, 0.05) is 12.1 Å². The number of amidine groups is 1. The Labute approximate surface area is 184 Å². The largest absolute Gasteiger partial charge is 0.478 e. The normalized spacial score (nSPS) is 10.9. The first-order valence-corrected chi connectivity index (χ1v) is 11.0. The average Bonchev–Trinajstić information content (AvgIpc) is 2.75. The van der Waals surface area contributed by atoms with E-state index in [0.29, 0.717) is 11.1 Å². The zero-order chi connectivity index (χ0) is 23.7.